The summed E-state index contributed by atoms with van der Waals surface area (Å²) in [6.07, 6.45) is 3.39. The number of nitrogens with zero attached hydrogens (tertiary/aromatic N) is 1. The van der Waals surface area contributed by atoms with Crippen molar-refractivity contribution in [2.45, 2.75) is 45.2 Å². The minimum Gasteiger partial charge on any atom is -0.379 e. The predicted octanol–water partition coefficient (Wildman–Crippen LogP) is 1.23. The zero-order valence-electron chi connectivity index (χ0n) is 13.0. The Labute approximate surface area is 126 Å². The molecular weight excluding hydrogens is 272 g/mol. The van der Waals surface area contributed by atoms with Crippen LogP contribution in [0.5, 0.6) is 0 Å². The van der Waals surface area contributed by atoms with Crippen molar-refractivity contribution in [1.29, 1.82) is 0 Å². The van der Waals surface area contributed by atoms with Crippen molar-refractivity contribution >= 4 is 10.8 Å². The van der Waals surface area contributed by atoms with Crippen molar-refractivity contribution in [1.82, 2.24) is 10.2 Å². The van der Waals surface area contributed by atoms with Gasteiger partial charge in [0.15, 0.2) is 0 Å². The predicted molar refractivity (Wildman–Crippen MR) is 84.5 cm³/mol. The molecule has 118 valence electrons. The number of nitrogens with one attached hydrogen (secondary N) is 1. The molecule has 4 nitrogen and oxygen atoms in total. The monoisotopic (exact) mass is 302 g/mol. The van der Waals surface area contributed by atoms with Crippen LogP contribution in [0, 0.1) is 5.92 Å². The molecule has 0 radical (unpaired) electrons. The molecule has 2 aliphatic rings. The highest BCUT2D eigenvalue weighted by Gasteiger charge is 2.24. The summed E-state index contributed by atoms with van der Waals surface area (Å²) < 4.78 is 16.9. The fourth-order valence-electron chi connectivity index (χ4n) is 3.15. The van der Waals surface area contributed by atoms with Crippen molar-refractivity contribution in [2.24, 2.45) is 5.92 Å². The molecule has 2 saturated heterocycles. The fourth-order valence-corrected chi connectivity index (χ4v) is 4.45. The standard InChI is InChI=1S/C15H30N2O2S/c1-13(2)11-15(17-5-7-19-8-6-17)12-16-14-3-9-20(18)10-4-14/h13-16H,3-12H2,1-2H3. The van der Waals surface area contributed by atoms with Crippen molar-refractivity contribution < 1.29 is 8.95 Å². The van der Waals surface area contributed by atoms with E-state index in [1.807, 2.05) is 0 Å². The minimum atomic E-state index is -0.556. The fraction of sp³-hybridized carbons (Fsp3) is 1.00. The van der Waals surface area contributed by atoms with Gasteiger partial charge in [0.25, 0.3) is 0 Å². The maximum absolute atomic E-state index is 11.4. The Kier molecular flexibility index (Phi) is 6.94. The highest BCUT2D eigenvalue weighted by atomic mass is 32.2. The first-order valence-corrected chi connectivity index (χ1v) is 9.54. The van der Waals surface area contributed by atoms with Gasteiger partial charge >= 0.3 is 0 Å². The van der Waals surface area contributed by atoms with Crippen LogP contribution in [0.25, 0.3) is 0 Å². The van der Waals surface area contributed by atoms with E-state index in [0.717, 1.165) is 63.1 Å². The zero-order valence-corrected chi connectivity index (χ0v) is 13.8. The molecule has 0 aromatic heterocycles. The van der Waals surface area contributed by atoms with E-state index >= 15 is 0 Å². The Morgan fingerprint density at radius 3 is 2.50 bits per heavy atom. The van der Waals surface area contributed by atoms with Gasteiger partial charge in [-0.2, -0.15) is 0 Å². The van der Waals surface area contributed by atoms with Crippen LogP contribution in [0.3, 0.4) is 0 Å². The average Bonchev–Trinajstić information content (AvgIpc) is 2.46. The molecule has 0 bridgehead atoms. The first-order chi connectivity index (χ1) is 9.65. The molecule has 0 spiro atoms. The average molecular weight is 302 g/mol. The van der Waals surface area contributed by atoms with Gasteiger partial charge in [-0.3, -0.25) is 9.11 Å². The van der Waals surface area contributed by atoms with Gasteiger partial charge < -0.3 is 10.1 Å². The molecule has 2 aliphatic heterocycles. The van der Waals surface area contributed by atoms with Crippen molar-refractivity contribution in [3.8, 4) is 0 Å². The van der Waals surface area contributed by atoms with Crippen LogP contribution < -0.4 is 5.32 Å². The lowest BCUT2D eigenvalue weighted by Gasteiger charge is -2.36. The number of rotatable bonds is 6. The number of hydrogen-bond donors (Lipinski definition) is 1. The molecule has 0 aromatic carbocycles. The summed E-state index contributed by atoms with van der Waals surface area (Å²) in [5.41, 5.74) is 0. The third-order valence-corrected chi connectivity index (χ3v) is 5.72. The van der Waals surface area contributed by atoms with Gasteiger partial charge in [0.05, 0.1) is 13.2 Å². The van der Waals surface area contributed by atoms with E-state index in [-0.39, 0.29) is 0 Å². The summed E-state index contributed by atoms with van der Waals surface area (Å²) in [5.74, 6) is 2.48. The van der Waals surface area contributed by atoms with Crippen LogP contribution in [-0.4, -0.2) is 65.5 Å². The molecule has 0 saturated carbocycles. The van der Waals surface area contributed by atoms with Crippen LogP contribution in [0.2, 0.25) is 0 Å². The summed E-state index contributed by atoms with van der Waals surface area (Å²) in [5, 5.41) is 3.73. The van der Waals surface area contributed by atoms with E-state index in [0.29, 0.717) is 12.1 Å². The SMILES string of the molecule is CC(C)CC(CNC1CCS(=O)CC1)N1CCOCC1. The highest BCUT2D eigenvalue weighted by molar-refractivity contribution is 7.85. The van der Waals surface area contributed by atoms with E-state index in [9.17, 15) is 4.21 Å². The van der Waals surface area contributed by atoms with Gasteiger partial charge in [-0.1, -0.05) is 13.8 Å². The van der Waals surface area contributed by atoms with Gasteiger partial charge in [-0.05, 0) is 25.2 Å². The normalized spacial score (nSPS) is 30.6. The molecule has 1 atom stereocenters. The second kappa shape index (κ2) is 8.47. The Balaban J connectivity index is 1.78. The van der Waals surface area contributed by atoms with Gasteiger partial charge in [-0.25, -0.2) is 0 Å². The number of ether oxygens (including phenoxy) is 1. The lowest BCUT2D eigenvalue weighted by Crippen LogP contribution is -2.50. The Hall–Kier alpha value is 0.0300. The lowest BCUT2D eigenvalue weighted by atomic mass is 10.0. The Morgan fingerprint density at radius 2 is 1.90 bits per heavy atom. The zero-order chi connectivity index (χ0) is 14.4. The van der Waals surface area contributed by atoms with E-state index < -0.39 is 10.8 Å². The van der Waals surface area contributed by atoms with Crippen LogP contribution in [0.15, 0.2) is 0 Å². The molecule has 5 heteroatoms. The first kappa shape index (κ1) is 16.4. The minimum absolute atomic E-state index is 0.556. The molecule has 20 heavy (non-hydrogen) atoms. The molecule has 0 amide bonds. The van der Waals surface area contributed by atoms with Gasteiger partial charge in [-0.15, -0.1) is 0 Å². The molecule has 2 fully saturated rings. The summed E-state index contributed by atoms with van der Waals surface area (Å²) in [7, 11) is -0.556. The van der Waals surface area contributed by atoms with E-state index in [1.165, 1.54) is 6.42 Å². The summed E-state index contributed by atoms with van der Waals surface area (Å²) in [4.78, 5) is 2.58. The molecule has 1 N–H and O–H groups in total. The topological polar surface area (TPSA) is 41.6 Å². The Bertz CT molecular complexity index is 296. The number of hydrogen-bond acceptors (Lipinski definition) is 4. The first-order valence-electron chi connectivity index (χ1n) is 8.05. The summed E-state index contributed by atoms with van der Waals surface area (Å²) >= 11 is 0. The third-order valence-electron chi connectivity index (χ3n) is 4.34. The van der Waals surface area contributed by atoms with Crippen molar-refractivity contribution in [2.75, 3.05) is 44.4 Å². The number of morpholine rings is 1. The van der Waals surface area contributed by atoms with Crippen LogP contribution >= 0.6 is 0 Å². The van der Waals surface area contributed by atoms with Crippen LogP contribution in [0.4, 0.5) is 0 Å². The lowest BCUT2D eigenvalue weighted by molar-refractivity contribution is 0.0117. The quantitative estimate of drug-likeness (QED) is 0.801. The molecule has 2 heterocycles. The summed E-state index contributed by atoms with van der Waals surface area (Å²) in [6.45, 7) is 9.54. The van der Waals surface area contributed by atoms with Crippen LogP contribution in [0.1, 0.15) is 33.1 Å². The molecule has 1 unspecified atom stereocenters. The maximum atomic E-state index is 11.4. The summed E-state index contributed by atoms with van der Waals surface area (Å²) in [6, 6.07) is 1.19. The maximum Gasteiger partial charge on any atom is 0.0594 e. The van der Waals surface area contributed by atoms with Gasteiger partial charge in [0, 0.05) is 54.0 Å². The second-order valence-corrected chi connectivity index (χ2v) is 8.16. The van der Waals surface area contributed by atoms with E-state index in [2.05, 4.69) is 24.1 Å². The molecule has 0 aliphatic carbocycles. The molecule has 2 rings (SSSR count). The second-order valence-electron chi connectivity index (χ2n) is 6.46. The van der Waals surface area contributed by atoms with E-state index in [1.54, 1.807) is 0 Å². The van der Waals surface area contributed by atoms with Crippen molar-refractivity contribution in [3.05, 3.63) is 0 Å². The van der Waals surface area contributed by atoms with Crippen molar-refractivity contribution in [3.63, 3.8) is 0 Å². The van der Waals surface area contributed by atoms with Gasteiger partial charge in [0.1, 0.15) is 0 Å². The third kappa shape index (κ3) is 5.43. The molecular formula is C15H30N2O2S. The highest BCUT2D eigenvalue weighted by Crippen LogP contribution is 2.15. The smallest absolute Gasteiger partial charge is 0.0594 e. The molecule has 0 aromatic rings. The van der Waals surface area contributed by atoms with Crippen LogP contribution in [-0.2, 0) is 15.5 Å². The Morgan fingerprint density at radius 1 is 1.25 bits per heavy atom. The van der Waals surface area contributed by atoms with Gasteiger partial charge in [0.2, 0.25) is 0 Å². The van der Waals surface area contributed by atoms with E-state index in [4.69, 9.17) is 4.74 Å². The largest absolute Gasteiger partial charge is 0.379 e.